The van der Waals surface area contributed by atoms with Gasteiger partial charge in [0.1, 0.15) is 6.07 Å². The van der Waals surface area contributed by atoms with Gasteiger partial charge in [-0.2, -0.15) is 18.4 Å². The summed E-state index contributed by atoms with van der Waals surface area (Å²) < 4.78 is 50.6. The molecule has 0 amide bonds. The van der Waals surface area contributed by atoms with Crippen LogP contribution >= 0.6 is 0 Å². The van der Waals surface area contributed by atoms with Crippen molar-refractivity contribution < 1.29 is 13.2 Å². The number of hydrogen-bond donors (Lipinski definition) is 0. The summed E-state index contributed by atoms with van der Waals surface area (Å²) in [4.78, 5) is 39.7. The number of hydrogen-bond acceptors (Lipinski definition) is 9. The molecule has 0 aliphatic heterocycles. The summed E-state index contributed by atoms with van der Waals surface area (Å²) in [6.07, 6.45) is 8.17. The molecule has 0 atom stereocenters. The number of nitrogens with zero attached hydrogens (tertiary/aromatic N) is 12. The molecule has 15 heteroatoms. The smallest absolute Gasteiger partial charge is 0.309 e. The van der Waals surface area contributed by atoms with Gasteiger partial charge in [-0.1, -0.05) is 66.7 Å². The van der Waals surface area contributed by atoms with E-state index in [1.165, 1.54) is 12.1 Å². The van der Waals surface area contributed by atoms with Gasteiger partial charge in [0, 0.05) is 98.9 Å². The highest BCUT2D eigenvalue weighted by atomic mass is 19.4. The topological polar surface area (TPSA) is 141 Å². The first-order valence-electron chi connectivity index (χ1n) is 21.7. The van der Waals surface area contributed by atoms with Gasteiger partial charge in [-0.3, -0.25) is 0 Å². The first-order valence-corrected chi connectivity index (χ1v) is 21.7. The van der Waals surface area contributed by atoms with Crippen molar-refractivity contribution in [2.24, 2.45) is 0 Å². The summed E-state index contributed by atoms with van der Waals surface area (Å²) in [6.45, 7) is 8.33. The zero-order valence-electron chi connectivity index (χ0n) is 36.2. The van der Waals surface area contributed by atoms with Gasteiger partial charge in [-0.05, 0) is 66.2 Å². The molecule has 0 saturated carbocycles. The van der Waals surface area contributed by atoms with Gasteiger partial charge in [0.15, 0.2) is 29.0 Å². The van der Waals surface area contributed by atoms with Crippen LogP contribution in [0.25, 0.3) is 117 Å². The maximum atomic E-state index is 15.6. The number of rotatable bonds is 7. The minimum Gasteiger partial charge on any atom is -0.309 e. The fourth-order valence-electron chi connectivity index (χ4n) is 9.29. The summed E-state index contributed by atoms with van der Waals surface area (Å²) in [5.74, 6) is 1.75. The van der Waals surface area contributed by atoms with E-state index in [0.717, 1.165) is 27.6 Å². The first kappa shape index (κ1) is 41.4. The molecule has 0 bridgehead atoms. The molecule has 6 heterocycles. The molecule has 12 rings (SSSR count). The molecule has 330 valence electrons. The standard InChI is InChI=1S/C55H29F3N12/c1-60-43-8-2-7-42(55(56,57)58)50(43)41-30-44(69-45-25-32(51-61-17-3-18-62-51)9-13-37(45)38-14-10-33(26-46(38)69)52-63-19-4-20-64-52)36(31-59)29-49(41)70-47-27-34(53-65-21-5-22-66-53)11-15-39(47)40-16-12-35(28-48(40)70)54-67-23-6-24-68-54/h2-30H. The molecule has 70 heavy (non-hydrogen) atoms. The maximum Gasteiger partial charge on any atom is 0.415 e. The number of benzene rings is 6. The molecule has 0 saturated heterocycles. The molecule has 6 aromatic carbocycles. The van der Waals surface area contributed by atoms with E-state index >= 15 is 13.2 Å². The van der Waals surface area contributed by atoms with Gasteiger partial charge in [-0.15, -0.1) is 0 Å². The average Bonchev–Trinajstić information content (AvgIpc) is 3.92. The van der Waals surface area contributed by atoms with E-state index in [-0.39, 0.29) is 33.8 Å². The fourth-order valence-corrected chi connectivity index (χ4v) is 9.29. The summed E-state index contributed by atoms with van der Waals surface area (Å²) in [6, 6.07) is 38.9. The van der Waals surface area contributed by atoms with Crippen molar-refractivity contribution in [3.05, 3.63) is 200 Å². The number of aromatic nitrogens is 10. The van der Waals surface area contributed by atoms with E-state index in [1.54, 1.807) is 86.0 Å². The van der Waals surface area contributed by atoms with E-state index < -0.39 is 11.7 Å². The van der Waals surface area contributed by atoms with Crippen molar-refractivity contribution in [2.45, 2.75) is 6.18 Å². The van der Waals surface area contributed by atoms with Crippen LogP contribution in [-0.4, -0.2) is 49.0 Å². The Morgan fingerprint density at radius 3 is 1.17 bits per heavy atom. The van der Waals surface area contributed by atoms with Crippen LogP contribution in [0.15, 0.2) is 177 Å². The summed E-state index contributed by atoms with van der Waals surface area (Å²) in [5.41, 5.74) is 4.00. The first-order chi connectivity index (χ1) is 34.3. The fraction of sp³-hybridized carbons (Fsp3) is 0.0182. The minimum atomic E-state index is -4.90. The monoisotopic (exact) mass is 914 g/mol. The largest absolute Gasteiger partial charge is 0.415 e. The van der Waals surface area contributed by atoms with Gasteiger partial charge in [0.2, 0.25) is 0 Å². The highest BCUT2D eigenvalue weighted by molar-refractivity contribution is 6.13. The van der Waals surface area contributed by atoms with Crippen molar-refractivity contribution in [3.63, 3.8) is 0 Å². The van der Waals surface area contributed by atoms with E-state index in [4.69, 9.17) is 6.57 Å². The maximum absolute atomic E-state index is 15.6. The lowest BCUT2D eigenvalue weighted by Gasteiger charge is -2.22. The normalized spacial score (nSPS) is 11.6. The number of nitriles is 1. The van der Waals surface area contributed by atoms with Crippen molar-refractivity contribution in [3.8, 4) is 74.1 Å². The molecule has 6 aromatic heterocycles. The van der Waals surface area contributed by atoms with Crippen LogP contribution in [0.4, 0.5) is 18.9 Å². The summed E-state index contributed by atoms with van der Waals surface area (Å²) in [5, 5.41) is 14.5. The molecule has 0 fully saturated rings. The van der Waals surface area contributed by atoms with Crippen molar-refractivity contribution >= 4 is 49.3 Å². The Labute approximate surface area is 395 Å². The quantitative estimate of drug-likeness (QED) is 0.143. The molecule has 0 N–H and O–H groups in total. The SMILES string of the molecule is [C-]#[N+]c1cccc(C(F)(F)F)c1-c1cc(-n2c3cc(-c4ncccn4)ccc3c3ccc(-c4ncccn4)cc32)c(C#N)cc1-n1c2cc(-c3ncccn3)ccc2c2ccc(-c3ncccn3)cc21. The second-order valence-electron chi connectivity index (χ2n) is 16.2. The second kappa shape index (κ2) is 16.4. The van der Waals surface area contributed by atoms with Gasteiger partial charge in [0.25, 0.3) is 0 Å². The van der Waals surface area contributed by atoms with Crippen molar-refractivity contribution in [1.29, 1.82) is 5.26 Å². The number of halogens is 3. The van der Waals surface area contributed by atoms with Crippen molar-refractivity contribution in [2.75, 3.05) is 0 Å². The van der Waals surface area contributed by atoms with Gasteiger partial charge >= 0.3 is 6.18 Å². The number of fused-ring (bicyclic) bond motifs is 6. The van der Waals surface area contributed by atoms with Crippen LogP contribution in [0.3, 0.4) is 0 Å². The highest BCUT2D eigenvalue weighted by Gasteiger charge is 2.36. The van der Waals surface area contributed by atoms with Gasteiger partial charge in [-0.25, -0.2) is 44.7 Å². The molecule has 0 unspecified atom stereocenters. The van der Waals surface area contributed by atoms with E-state index in [2.05, 4.69) is 50.8 Å². The lowest BCUT2D eigenvalue weighted by molar-refractivity contribution is -0.137. The molecule has 12 aromatic rings. The molecule has 0 spiro atoms. The van der Waals surface area contributed by atoms with Crippen molar-refractivity contribution in [1.82, 2.24) is 49.0 Å². The Bertz CT molecular complexity index is 3930. The van der Waals surface area contributed by atoms with E-state index in [1.807, 2.05) is 81.9 Å². The average molecular weight is 915 g/mol. The predicted octanol–water partition coefficient (Wildman–Crippen LogP) is 12.8. The molecule has 0 aliphatic rings. The molecule has 12 nitrogen and oxygen atoms in total. The molecule has 0 aliphatic carbocycles. The third kappa shape index (κ3) is 6.84. The molecular weight excluding hydrogens is 886 g/mol. The lowest BCUT2D eigenvalue weighted by atomic mass is 9.93. The number of alkyl halides is 3. The van der Waals surface area contributed by atoms with Crippen LogP contribution < -0.4 is 0 Å². The van der Waals surface area contributed by atoms with Crippen LogP contribution in [0.1, 0.15) is 11.1 Å². The van der Waals surface area contributed by atoms with E-state index in [9.17, 15) is 5.26 Å². The zero-order chi connectivity index (χ0) is 47.5. The zero-order valence-corrected chi connectivity index (χ0v) is 36.2. The Morgan fingerprint density at radius 2 is 0.829 bits per heavy atom. The summed E-state index contributed by atoms with van der Waals surface area (Å²) >= 11 is 0. The Morgan fingerprint density at radius 1 is 0.457 bits per heavy atom. The summed E-state index contributed by atoms with van der Waals surface area (Å²) in [7, 11) is 0. The van der Waals surface area contributed by atoms with E-state index in [0.29, 0.717) is 67.6 Å². The predicted molar refractivity (Wildman–Crippen MR) is 261 cm³/mol. The van der Waals surface area contributed by atoms with Crippen LogP contribution in [-0.2, 0) is 6.18 Å². The molecule has 0 radical (unpaired) electrons. The third-order valence-corrected chi connectivity index (χ3v) is 12.3. The molecular formula is C55H29F3N12. The van der Waals surface area contributed by atoms with Crippen LogP contribution in [0.5, 0.6) is 0 Å². The Hall–Kier alpha value is -9.99. The minimum absolute atomic E-state index is 0.0366. The van der Waals surface area contributed by atoms with Gasteiger partial charge < -0.3 is 9.13 Å². The Kier molecular flexibility index (Phi) is 9.71. The van der Waals surface area contributed by atoms with Crippen LogP contribution in [0.2, 0.25) is 0 Å². The van der Waals surface area contributed by atoms with Gasteiger partial charge in [0.05, 0.1) is 51.1 Å². The lowest BCUT2D eigenvalue weighted by Crippen LogP contribution is -2.10. The van der Waals surface area contributed by atoms with Crippen LogP contribution in [0, 0.1) is 17.9 Å². The Balaban J connectivity index is 1.25. The second-order valence-corrected chi connectivity index (χ2v) is 16.2. The third-order valence-electron chi connectivity index (χ3n) is 12.3. The highest BCUT2D eigenvalue weighted by Crippen LogP contribution is 2.48.